The standard InChI is InChI=1S/C16H27Br/c1-2-3-4-5-6-7-8-9-14-16(17)15-12-10-11-13-15/h10,12,14-15H,2-9,11,13H2,1H3. The largest absolute Gasteiger partial charge is 0.0879 e. The van der Waals surface area contributed by atoms with Crippen LogP contribution >= 0.6 is 15.9 Å². The highest BCUT2D eigenvalue weighted by Crippen LogP contribution is 2.29. The maximum absolute atomic E-state index is 3.72. The number of rotatable bonds is 9. The number of hydrogen-bond donors (Lipinski definition) is 0. The lowest BCUT2D eigenvalue weighted by Gasteiger charge is -2.06. The first-order valence-corrected chi connectivity index (χ1v) is 8.16. The molecule has 0 saturated heterocycles. The average Bonchev–Trinajstić information content (AvgIpc) is 2.86. The smallest absolute Gasteiger partial charge is 0.00838 e. The molecule has 98 valence electrons. The maximum atomic E-state index is 3.72. The third-order valence-corrected chi connectivity index (χ3v) is 4.43. The van der Waals surface area contributed by atoms with Crippen LogP contribution in [0.4, 0.5) is 0 Å². The summed E-state index contributed by atoms with van der Waals surface area (Å²) in [5.41, 5.74) is 0. The van der Waals surface area contributed by atoms with Gasteiger partial charge in [-0.1, -0.05) is 79.6 Å². The van der Waals surface area contributed by atoms with Gasteiger partial charge in [-0.2, -0.15) is 0 Å². The second-order valence-electron chi connectivity index (χ2n) is 5.11. The zero-order valence-electron chi connectivity index (χ0n) is 11.3. The summed E-state index contributed by atoms with van der Waals surface area (Å²) in [4.78, 5) is 0. The van der Waals surface area contributed by atoms with Gasteiger partial charge in [0.05, 0.1) is 0 Å². The van der Waals surface area contributed by atoms with Crippen LogP contribution < -0.4 is 0 Å². The molecule has 0 amide bonds. The molecule has 0 aromatic rings. The van der Waals surface area contributed by atoms with Gasteiger partial charge in [0.2, 0.25) is 0 Å². The topological polar surface area (TPSA) is 0 Å². The highest BCUT2D eigenvalue weighted by Gasteiger charge is 2.11. The Morgan fingerprint density at radius 2 is 1.88 bits per heavy atom. The van der Waals surface area contributed by atoms with E-state index in [1.54, 1.807) is 0 Å². The van der Waals surface area contributed by atoms with Gasteiger partial charge in [0.25, 0.3) is 0 Å². The molecule has 0 N–H and O–H groups in total. The molecular weight excluding hydrogens is 272 g/mol. The van der Waals surface area contributed by atoms with Crippen molar-refractivity contribution in [2.45, 2.75) is 71.1 Å². The fraction of sp³-hybridized carbons (Fsp3) is 0.750. The van der Waals surface area contributed by atoms with E-state index in [9.17, 15) is 0 Å². The molecule has 0 aliphatic heterocycles. The molecule has 1 unspecified atom stereocenters. The normalized spacial score (nSPS) is 20.1. The van der Waals surface area contributed by atoms with Gasteiger partial charge < -0.3 is 0 Å². The van der Waals surface area contributed by atoms with Crippen molar-refractivity contribution >= 4 is 15.9 Å². The van der Waals surface area contributed by atoms with Gasteiger partial charge in [-0.15, -0.1) is 0 Å². The summed E-state index contributed by atoms with van der Waals surface area (Å²) in [6, 6.07) is 0. The van der Waals surface area contributed by atoms with Crippen LogP contribution in [0.1, 0.15) is 71.1 Å². The van der Waals surface area contributed by atoms with Crippen molar-refractivity contribution in [3.63, 3.8) is 0 Å². The summed E-state index contributed by atoms with van der Waals surface area (Å²) in [5.74, 6) is 0.680. The third-order valence-electron chi connectivity index (χ3n) is 3.51. The Labute approximate surface area is 116 Å². The Morgan fingerprint density at radius 3 is 2.53 bits per heavy atom. The van der Waals surface area contributed by atoms with Crippen LogP contribution in [-0.2, 0) is 0 Å². The van der Waals surface area contributed by atoms with Crippen molar-refractivity contribution in [3.8, 4) is 0 Å². The van der Waals surface area contributed by atoms with Crippen molar-refractivity contribution in [2.75, 3.05) is 0 Å². The quantitative estimate of drug-likeness (QED) is 0.342. The van der Waals surface area contributed by atoms with Gasteiger partial charge in [-0.25, -0.2) is 0 Å². The van der Waals surface area contributed by atoms with Crippen molar-refractivity contribution < 1.29 is 0 Å². The molecule has 1 rings (SSSR count). The highest BCUT2D eigenvalue weighted by molar-refractivity contribution is 9.11. The Kier molecular flexibility index (Phi) is 8.78. The van der Waals surface area contributed by atoms with Gasteiger partial charge in [-0.05, 0) is 30.2 Å². The van der Waals surface area contributed by atoms with Crippen LogP contribution in [0.15, 0.2) is 22.7 Å². The zero-order valence-corrected chi connectivity index (χ0v) is 12.8. The van der Waals surface area contributed by atoms with E-state index in [-0.39, 0.29) is 0 Å². The minimum atomic E-state index is 0.680. The molecular formula is C16H27Br. The van der Waals surface area contributed by atoms with Crippen LogP contribution in [0.2, 0.25) is 0 Å². The molecule has 0 nitrogen and oxygen atoms in total. The van der Waals surface area contributed by atoms with Gasteiger partial charge >= 0.3 is 0 Å². The van der Waals surface area contributed by atoms with Crippen molar-refractivity contribution in [1.82, 2.24) is 0 Å². The minimum Gasteiger partial charge on any atom is -0.0879 e. The van der Waals surface area contributed by atoms with E-state index in [1.165, 1.54) is 68.7 Å². The summed E-state index contributed by atoms with van der Waals surface area (Å²) in [7, 11) is 0. The SMILES string of the molecule is CCCCCCCCCC=C(Br)C1C=CCC1. The van der Waals surface area contributed by atoms with Crippen molar-refractivity contribution in [3.05, 3.63) is 22.7 Å². The average molecular weight is 299 g/mol. The van der Waals surface area contributed by atoms with E-state index in [2.05, 4.69) is 41.1 Å². The van der Waals surface area contributed by atoms with Gasteiger partial charge in [-0.3, -0.25) is 0 Å². The lowest BCUT2D eigenvalue weighted by Crippen LogP contribution is -1.90. The molecule has 1 aliphatic carbocycles. The fourth-order valence-electron chi connectivity index (χ4n) is 2.36. The van der Waals surface area contributed by atoms with Crippen LogP contribution in [0.3, 0.4) is 0 Å². The summed E-state index contributed by atoms with van der Waals surface area (Å²) in [6.45, 7) is 2.28. The molecule has 1 heteroatoms. The maximum Gasteiger partial charge on any atom is 0.00838 e. The summed E-state index contributed by atoms with van der Waals surface area (Å²) in [6.07, 6.45) is 20.7. The third kappa shape index (κ3) is 7.08. The minimum absolute atomic E-state index is 0.680. The van der Waals surface area contributed by atoms with E-state index in [0.717, 1.165) is 0 Å². The molecule has 0 spiro atoms. The van der Waals surface area contributed by atoms with Gasteiger partial charge in [0, 0.05) is 5.92 Å². The molecule has 17 heavy (non-hydrogen) atoms. The number of halogens is 1. The second-order valence-corrected chi connectivity index (χ2v) is 6.03. The molecule has 0 fully saturated rings. The molecule has 0 radical (unpaired) electrons. The fourth-order valence-corrected chi connectivity index (χ4v) is 2.97. The van der Waals surface area contributed by atoms with Gasteiger partial charge in [0.1, 0.15) is 0 Å². The second kappa shape index (κ2) is 9.94. The Hall–Kier alpha value is -0.0400. The molecule has 0 heterocycles. The predicted octanol–water partition coefficient (Wildman–Crippen LogP) is 6.37. The number of allylic oxidation sites excluding steroid dienone is 4. The zero-order chi connectivity index (χ0) is 12.3. The first-order chi connectivity index (χ1) is 8.34. The number of hydrogen-bond acceptors (Lipinski definition) is 0. The van der Waals surface area contributed by atoms with Crippen molar-refractivity contribution in [1.29, 1.82) is 0 Å². The molecule has 0 saturated carbocycles. The first-order valence-electron chi connectivity index (χ1n) is 7.36. The van der Waals surface area contributed by atoms with Crippen LogP contribution in [0.25, 0.3) is 0 Å². The van der Waals surface area contributed by atoms with E-state index in [4.69, 9.17) is 0 Å². The Morgan fingerprint density at radius 1 is 1.18 bits per heavy atom. The lowest BCUT2D eigenvalue weighted by atomic mass is 10.1. The molecule has 0 aromatic carbocycles. The summed E-state index contributed by atoms with van der Waals surface area (Å²) >= 11 is 3.72. The summed E-state index contributed by atoms with van der Waals surface area (Å²) in [5, 5.41) is 0. The summed E-state index contributed by atoms with van der Waals surface area (Å²) < 4.78 is 1.41. The van der Waals surface area contributed by atoms with E-state index < -0.39 is 0 Å². The van der Waals surface area contributed by atoms with Crippen LogP contribution in [0, 0.1) is 5.92 Å². The highest BCUT2D eigenvalue weighted by atomic mass is 79.9. The monoisotopic (exact) mass is 298 g/mol. The molecule has 1 aliphatic rings. The molecule has 0 bridgehead atoms. The van der Waals surface area contributed by atoms with Gasteiger partial charge in [0.15, 0.2) is 0 Å². The first kappa shape index (κ1) is 15.0. The van der Waals surface area contributed by atoms with E-state index >= 15 is 0 Å². The molecule has 1 atom stereocenters. The lowest BCUT2D eigenvalue weighted by molar-refractivity contribution is 0.591. The van der Waals surface area contributed by atoms with Crippen molar-refractivity contribution in [2.24, 2.45) is 5.92 Å². The molecule has 0 aromatic heterocycles. The van der Waals surface area contributed by atoms with Crippen LogP contribution in [0.5, 0.6) is 0 Å². The predicted molar refractivity (Wildman–Crippen MR) is 81.5 cm³/mol. The Bertz CT molecular complexity index is 240. The Balaban J connectivity index is 1.95. The van der Waals surface area contributed by atoms with E-state index in [0.29, 0.717) is 5.92 Å². The van der Waals surface area contributed by atoms with Crippen LogP contribution in [-0.4, -0.2) is 0 Å². The number of unbranched alkanes of at least 4 members (excludes halogenated alkanes) is 7. The van der Waals surface area contributed by atoms with E-state index in [1.807, 2.05) is 0 Å².